The van der Waals surface area contributed by atoms with E-state index >= 15 is 0 Å². The predicted octanol–water partition coefficient (Wildman–Crippen LogP) is 1.65. The maximum atomic E-state index is 6.35. The zero-order chi connectivity index (χ0) is 19.1. The highest BCUT2D eigenvalue weighted by molar-refractivity contribution is 5.37. The monoisotopic (exact) mass is 379 g/mol. The Labute approximate surface area is 164 Å². The van der Waals surface area contributed by atoms with Crippen LogP contribution in [0.5, 0.6) is 0 Å². The average Bonchev–Trinajstić information content (AvgIpc) is 3.18. The summed E-state index contributed by atoms with van der Waals surface area (Å²) in [5.74, 6) is 0.754. The van der Waals surface area contributed by atoms with Gasteiger partial charge in [-0.1, -0.05) is 0 Å². The Morgan fingerprint density at radius 1 is 1.18 bits per heavy atom. The van der Waals surface area contributed by atoms with Gasteiger partial charge in [0.15, 0.2) is 5.65 Å². The Bertz CT molecular complexity index is 991. The van der Waals surface area contributed by atoms with E-state index in [2.05, 4.69) is 26.0 Å². The van der Waals surface area contributed by atoms with Gasteiger partial charge in [0, 0.05) is 52.3 Å². The van der Waals surface area contributed by atoms with Crippen LogP contribution in [0, 0.1) is 0 Å². The number of ether oxygens (including phenoxy) is 1. The van der Waals surface area contributed by atoms with Crippen molar-refractivity contribution in [1.29, 1.82) is 0 Å². The maximum absolute atomic E-state index is 6.35. The number of nitrogens with zero attached hydrogens (tertiary/aromatic N) is 7. The summed E-state index contributed by atoms with van der Waals surface area (Å²) in [5.41, 5.74) is 3.99. The van der Waals surface area contributed by atoms with E-state index in [1.165, 1.54) is 5.56 Å². The number of imidazole rings is 1. The summed E-state index contributed by atoms with van der Waals surface area (Å²) >= 11 is 0. The summed E-state index contributed by atoms with van der Waals surface area (Å²) in [5, 5.41) is 4.66. The van der Waals surface area contributed by atoms with E-state index in [-0.39, 0.29) is 5.60 Å². The van der Waals surface area contributed by atoms with Gasteiger partial charge in [0.2, 0.25) is 5.95 Å². The first-order chi connectivity index (χ1) is 13.6. The van der Waals surface area contributed by atoms with Crippen LogP contribution in [-0.2, 0) is 23.3 Å². The fraction of sp³-hybridized carbons (Fsp3) is 0.500. The first kappa shape index (κ1) is 17.5. The van der Waals surface area contributed by atoms with Gasteiger partial charge >= 0.3 is 0 Å². The molecule has 28 heavy (non-hydrogen) atoms. The van der Waals surface area contributed by atoms with Crippen LogP contribution >= 0.6 is 0 Å². The van der Waals surface area contributed by atoms with Crippen LogP contribution in [0.4, 0.5) is 5.95 Å². The molecular weight excluding hydrogens is 354 g/mol. The number of hydrogen-bond acceptors (Lipinski definition) is 7. The molecule has 1 spiro atoms. The van der Waals surface area contributed by atoms with Crippen molar-refractivity contribution >= 4 is 11.6 Å². The van der Waals surface area contributed by atoms with Crippen LogP contribution in [0.15, 0.2) is 30.7 Å². The quantitative estimate of drug-likeness (QED) is 0.685. The molecule has 0 aromatic carbocycles. The lowest BCUT2D eigenvalue weighted by molar-refractivity contribution is -0.102. The van der Waals surface area contributed by atoms with Gasteiger partial charge in [-0.25, -0.2) is 19.5 Å². The van der Waals surface area contributed by atoms with Crippen molar-refractivity contribution in [2.75, 3.05) is 38.7 Å². The van der Waals surface area contributed by atoms with Gasteiger partial charge < -0.3 is 9.64 Å². The number of aromatic nitrogens is 5. The molecule has 0 atom stereocenters. The summed E-state index contributed by atoms with van der Waals surface area (Å²) in [6, 6.07) is 4.09. The minimum Gasteiger partial charge on any atom is -0.368 e. The van der Waals surface area contributed by atoms with Crippen molar-refractivity contribution < 1.29 is 4.74 Å². The van der Waals surface area contributed by atoms with E-state index in [1.807, 2.05) is 42.0 Å². The van der Waals surface area contributed by atoms with Crippen LogP contribution in [-0.4, -0.2) is 63.3 Å². The Balaban J connectivity index is 1.33. The topological polar surface area (TPSA) is 71.7 Å². The van der Waals surface area contributed by atoms with E-state index < -0.39 is 0 Å². The molecule has 1 saturated heterocycles. The highest BCUT2D eigenvalue weighted by Crippen LogP contribution is 2.40. The van der Waals surface area contributed by atoms with Crippen molar-refractivity contribution in [3.63, 3.8) is 0 Å². The SMILES string of the molecule is CN(C)c1ncc2c(n1)C1(CCN(Cc3ccc4nccn4n3)CC1)OCC2. The Kier molecular flexibility index (Phi) is 4.25. The molecule has 3 aromatic heterocycles. The first-order valence-corrected chi connectivity index (χ1v) is 9.82. The molecule has 0 N–H and O–H groups in total. The molecule has 5 rings (SSSR count). The van der Waals surface area contributed by atoms with Gasteiger partial charge in [0.25, 0.3) is 0 Å². The number of likely N-dealkylation sites (tertiary alicyclic amines) is 1. The van der Waals surface area contributed by atoms with E-state index in [1.54, 1.807) is 6.20 Å². The fourth-order valence-electron chi connectivity index (χ4n) is 4.24. The molecule has 3 aromatic rings. The third-order valence-electron chi connectivity index (χ3n) is 5.79. The summed E-state index contributed by atoms with van der Waals surface area (Å²) in [4.78, 5) is 18.0. The zero-order valence-corrected chi connectivity index (χ0v) is 16.4. The minimum atomic E-state index is -0.278. The molecule has 2 aliphatic rings. The standard InChI is InChI=1S/C20H25N7O/c1-25(2)19-22-13-15-5-12-28-20(18(15)23-19)6-9-26(10-7-20)14-16-3-4-17-21-8-11-27(17)24-16/h3-4,8,11,13H,5-7,9-10,12,14H2,1-2H3. The van der Waals surface area contributed by atoms with Crippen LogP contribution in [0.2, 0.25) is 0 Å². The van der Waals surface area contributed by atoms with Gasteiger partial charge in [-0.2, -0.15) is 5.10 Å². The molecule has 0 aliphatic carbocycles. The first-order valence-electron chi connectivity index (χ1n) is 9.82. The second kappa shape index (κ2) is 6.79. The van der Waals surface area contributed by atoms with Gasteiger partial charge in [0.1, 0.15) is 5.60 Å². The number of piperidine rings is 1. The fourth-order valence-corrected chi connectivity index (χ4v) is 4.24. The normalized spacial score (nSPS) is 19.1. The van der Waals surface area contributed by atoms with Crippen LogP contribution < -0.4 is 4.90 Å². The Hall–Kier alpha value is -2.58. The van der Waals surface area contributed by atoms with Crippen molar-refractivity contribution in [2.45, 2.75) is 31.4 Å². The lowest BCUT2D eigenvalue weighted by atomic mass is 9.83. The second-order valence-corrected chi connectivity index (χ2v) is 7.86. The van der Waals surface area contributed by atoms with E-state index in [0.717, 1.165) is 68.5 Å². The van der Waals surface area contributed by atoms with Crippen LogP contribution in [0.3, 0.4) is 0 Å². The van der Waals surface area contributed by atoms with Crippen molar-refractivity contribution in [2.24, 2.45) is 0 Å². The van der Waals surface area contributed by atoms with Gasteiger partial charge in [-0.05, 0) is 37.0 Å². The number of hydrogen-bond donors (Lipinski definition) is 0. The molecule has 0 amide bonds. The molecule has 146 valence electrons. The Morgan fingerprint density at radius 3 is 2.86 bits per heavy atom. The predicted molar refractivity (Wildman–Crippen MR) is 105 cm³/mol. The maximum Gasteiger partial charge on any atom is 0.225 e. The van der Waals surface area contributed by atoms with Gasteiger partial charge in [-0.15, -0.1) is 0 Å². The summed E-state index contributed by atoms with van der Waals surface area (Å²) in [6.45, 7) is 3.51. The molecule has 2 aliphatic heterocycles. The zero-order valence-electron chi connectivity index (χ0n) is 16.4. The van der Waals surface area contributed by atoms with Crippen LogP contribution in [0.25, 0.3) is 5.65 Å². The van der Waals surface area contributed by atoms with E-state index in [9.17, 15) is 0 Å². The Morgan fingerprint density at radius 2 is 2.04 bits per heavy atom. The van der Waals surface area contributed by atoms with Crippen molar-refractivity contribution in [3.8, 4) is 0 Å². The highest BCUT2D eigenvalue weighted by Gasteiger charge is 2.42. The number of rotatable bonds is 3. The van der Waals surface area contributed by atoms with Crippen LogP contribution in [0.1, 0.15) is 29.8 Å². The molecule has 1 fully saturated rings. The molecule has 0 bridgehead atoms. The summed E-state index contributed by atoms with van der Waals surface area (Å²) in [6.07, 6.45) is 8.42. The third kappa shape index (κ3) is 3.02. The molecule has 5 heterocycles. The second-order valence-electron chi connectivity index (χ2n) is 7.86. The molecule has 0 unspecified atom stereocenters. The molecular formula is C20H25N7O. The highest BCUT2D eigenvalue weighted by atomic mass is 16.5. The molecule has 8 nitrogen and oxygen atoms in total. The smallest absolute Gasteiger partial charge is 0.225 e. The molecule has 8 heteroatoms. The average molecular weight is 379 g/mol. The largest absolute Gasteiger partial charge is 0.368 e. The van der Waals surface area contributed by atoms with E-state index in [0.29, 0.717) is 0 Å². The summed E-state index contributed by atoms with van der Waals surface area (Å²) in [7, 11) is 3.95. The van der Waals surface area contributed by atoms with Gasteiger partial charge in [-0.3, -0.25) is 4.90 Å². The number of anilines is 1. The lowest BCUT2D eigenvalue weighted by Crippen LogP contribution is -2.47. The number of fused-ring (bicyclic) bond motifs is 3. The molecule has 0 saturated carbocycles. The lowest BCUT2D eigenvalue weighted by Gasteiger charge is -2.44. The van der Waals surface area contributed by atoms with Gasteiger partial charge in [0.05, 0.1) is 18.0 Å². The van der Waals surface area contributed by atoms with E-state index in [4.69, 9.17) is 9.72 Å². The summed E-state index contributed by atoms with van der Waals surface area (Å²) < 4.78 is 8.18. The van der Waals surface area contributed by atoms with Crippen molar-refractivity contribution in [1.82, 2.24) is 29.5 Å². The third-order valence-corrected chi connectivity index (χ3v) is 5.79. The molecule has 0 radical (unpaired) electrons. The minimum absolute atomic E-state index is 0.278. The van der Waals surface area contributed by atoms with Crippen molar-refractivity contribution in [3.05, 3.63) is 47.7 Å².